The molecule has 1 saturated carbocycles. The number of carbonyl (C=O) groups excluding carboxylic acids is 2. The molecule has 1 N–H and O–H groups in total. The van der Waals surface area contributed by atoms with Crippen molar-refractivity contribution in [3.8, 4) is 11.3 Å². The van der Waals surface area contributed by atoms with E-state index in [1.807, 2.05) is 65.3 Å². The highest BCUT2D eigenvalue weighted by Crippen LogP contribution is 2.36. The molecule has 1 atom stereocenters. The number of aldehydes is 1. The van der Waals surface area contributed by atoms with E-state index in [1.165, 1.54) is 0 Å². The van der Waals surface area contributed by atoms with Crippen molar-refractivity contribution in [2.24, 2.45) is 0 Å². The molecule has 0 radical (unpaired) electrons. The fourth-order valence-corrected chi connectivity index (χ4v) is 3.14. The Kier molecular flexibility index (Phi) is 4.83. The van der Waals surface area contributed by atoms with Crippen molar-refractivity contribution in [1.29, 1.82) is 0 Å². The van der Waals surface area contributed by atoms with Crippen LogP contribution in [0.15, 0.2) is 66.9 Å². The summed E-state index contributed by atoms with van der Waals surface area (Å²) >= 11 is 0. The Hall–Kier alpha value is -3.21. The molecule has 0 spiro atoms. The van der Waals surface area contributed by atoms with Gasteiger partial charge in [-0.1, -0.05) is 60.7 Å². The number of nitrogens with zero attached hydrogens (tertiary/aromatic N) is 2. The topological polar surface area (TPSA) is 64.0 Å². The summed E-state index contributed by atoms with van der Waals surface area (Å²) in [6, 6.07) is 19.1. The maximum absolute atomic E-state index is 12.9. The van der Waals surface area contributed by atoms with E-state index in [0.717, 1.165) is 30.3 Å². The highest BCUT2D eigenvalue weighted by molar-refractivity contribution is 6.00. The van der Waals surface area contributed by atoms with E-state index >= 15 is 0 Å². The van der Waals surface area contributed by atoms with Crippen LogP contribution < -0.4 is 5.32 Å². The molecule has 0 aliphatic heterocycles. The molecule has 5 heteroatoms. The fourth-order valence-electron chi connectivity index (χ4n) is 3.14. The van der Waals surface area contributed by atoms with E-state index in [9.17, 15) is 9.59 Å². The van der Waals surface area contributed by atoms with Gasteiger partial charge in [-0.2, -0.15) is 5.10 Å². The zero-order valence-electron chi connectivity index (χ0n) is 14.9. The van der Waals surface area contributed by atoms with E-state index < -0.39 is 6.04 Å². The number of hydrogen-bond donors (Lipinski definition) is 1. The molecule has 5 nitrogen and oxygen atoms in total. The van der Waals surface area contributed by atoms with Crippen molar-refractivity contribution in [2.75, 3.05) is 0 Å². The van der Waals surface area contributed by atoms with E-state index in [1.54, 1.807) is 6.20 Å². The lowest BCUT2D eigenvalue weighted by molar-refractivity contribution is -0.109. The molecule has 2 aromatic carbocycles. The molecule has 1 fully saturated rings. The van der Waals surface area contributed by atoms with Crippen molar-refractivity contribution in [1.82, 2.24) is 15.1 Å². The van der Waals surface area contributed by atoms with Gasteiger partial charge in [0.25, 0.3) is 5.91 Å². The predicted molar refractivity (Wildman–Crippen MR) is 103 cm³/mol. The van der Waals surface area contributed by atoms with E-state index in [0.29, 0.717) is 23.7 Å². The van der Waals surface area contributed by atoms with Gasteiger partial charge in [-0.25, -0.2) is 0 Å². The van der Waals surface area contributed by atoms with Crippen molar-refractivity contribution < 1.29 is 9.59 Å². The third-order valence-electron chi connectivity index (χ3n) is 4.72. The largest absolute Gasteiger partial charge is 0.342 e. The summed E-state index contributed by atoms with van der Waals surface area (Å²) < 4.78 is 1.88. The maximum atomic E-state index is 12.9. The molecule has 0 bridgehead atoms. The predicted octanol–water partition coefficient (Wildman–Crippen LogP) is 3.43. The van der Waals surface area contributed by atoms with Gasteiger partial charge < -0.3 is 10.1 Å². The molecular weight excluding hydrogens is 338 g/mol. The lowest BCUT2D eigenvalue weighted by Crippen LogP contribution is -2.37. The molecule has 1 aromatic heterocycles. The first-order chi connectivity index (χ1) is 13.2. The molecular formula is C22H21N3O2. The molecule has 0 saturated heterocycles. The SMILES string of the molecule is O=CC(Cc1ccccc1)NC(=O)c1cn(C2CC2)nc1-c1ccccc1. The third-order valence-corrected chi connectivity index (χ3v) is 4.72. The monoisotopic (exact) mass is 359 g/mol. The van der Waals surface area contributed by atoms with Crippen LogP contribution in [0.3, 0.4) is 0 Å². The molecule has 136 valence electrons. The van der Waals surface area contributed by atoms with E-state index in [-0.39, 0.29) is 5.91 Å². The van der Waals surface area contributed by atoms with Crippen molar-refractivity contribution >= 4 is 12.2 Å². The Morgan fingerprint density at radius 3 is 2.41 bits per heavy atom. The van der Waals surface area contributed by atoms with Gasteiger partial charge in [0.2, 0.25) is 0 Å². The van der Waals surface area contributed by atoms with Gasteiger partial charge in [0.05, 0.1) is 17.6 Å². The number of benzene rings is 2. The van der Waals surface area contributed by atoms with Crippen LogP contribution >= 0.6 is 0 Å². The minimum atomic E-state index is -0.576. The van der Waals surface area contributed by atoms with Crippen molar-refractivity contribution in [2.45, 2.75) is 31.3 Å². The molecule has 1 amide bonds. The highest BCUT2D eigenvalue weighted by Gasteiger charge is 2.28. The van der Waals surface area contributed by atoms with Crippen LogP contribution in [0.4, 0.5) is 0 Å². The zero-order valence-corrected chi connectivity index (χ0v) is 14.9. The Labute approximate surface area is 158 Å². The normalized spacial score (nSPS) is 14.5. The lowest BCUT2D eigenvalue weighted by Gasteiger charge is -2.13. The van der Waals surface area contributed by atoms with Crippen molar-refractivity contribution in [3.05, 3.63) is 78.0 Å². The molecule has 1 aliphatic carbocycles. The van der Waals surface area contributed by atoms with Crippen LogP contribution in [0.5, 0.6) is 0 Å². The number of amides is 1. The van der Waals surface area contributed by atoms with Gasteiger partial charge in [0, 0.05) is 11.8 Å². The second kappa shape index (κ2) is 7.58. The summed E-state index contributed by atoms with van der Waals surface area (Å²) in [4.78, 5) is 24.5. The first-order valence-corrected chi connectivity index (χ1v) is 9.19. The summed E-state index contributed by atoms with van der Waals surface area (Å²) in [6.07, 6.45) is 5.23. The van der Waals surface area contributed by atoms with E-state index in [2.05, 4.69) is 10.4 Å². The number of aromatic nitrogens is 2. The molecule has 27 heavy (non-hydrogen) atoms. The first kappa shape index (κ1) is 17.2. The number of carbonyl (C=O) groups is 2. The van der Waals surface area contributed by atoms with Gasteiger partial charge in [-0.15, -0.1) is 0 Å². The summed E-state index contributed by atoms with van der Waals surface area (Å²) in [5.41, 5.74) is 3.07. The van der Waals surface area contributed by atoms with Crippen molar-refractivity contribution in [3.63, 3.8) is 0 Å². The van der Waals surface area contributed by atoms with Crippen LogP contribution in [0.2, 0.25) is 0 Å². The molecule has 4 rings (SSSR count). The lowest BCUT2D eigenvalue weighted by atomic mass is 10.1. The second-order valence-corrected chi connectivity index (χ2v) is 6.87. The zero-order chi connectivity index (χ0) is 18.6. The quantitative estimate of drug-likeness (QED) is 0.658. The Balaban J connectivity index is 1.58. The van der Waals surface area contributed by atoms with Gasteiger partial charge in [0.15, 0.2) is 0 Å². The van der Waals surface area contributed by atoms with Crippen LogP contribution in [-0.4, -0.2) is 28.0 Å². The standard InChI is InChI=1S/C22H21N3O2/c26-15-18(13-16-7-3-1-4-8-16)23-22(27)20-14-25(19-11-12-19)24-21(20)17-9-5-2-6-10-17/h1-10,14-15,18-19H,11-13H2,(H,23,27). The molecule has 1 heterocycles. The smallest absolute Gasteiger partial charge is 0.255 e. The van der Waals surface area contributed by atoms with Crippen LogP contribution in [0.25, 0.3) is 11.3 Å². The molecule has 1 unspecified atom stereocenters. The summed E-state index contributed by atoms with van der Waals surface area (Å²) in [5, 5.41) is 7.50. The summed E-state index contributed by atoms with van der Waals surface area (Å²) in [7, 11) is 0. The molecule has 3 aromatic rings. The van der Waals surface area contributed by atoms with Crippen LogP contribution in [-0.2, 0) is 11.2 Å². The van der Waals surface area contributed by atoms with Gasteiger partial charge in [-0.3, -0.25) is 9.48 Å². The van der Waals surface area contributed by atoms with Gasteiger partial charge >= 0.3 is 0 Å². The summed E-state index contributed by atoms with van der Waals surface area (Å²) in [6.45, 7) is 0. The Morgan fingerprint density at radius 1 is 1.11 bits per heavy atom. The number of hydrogen-bond acceptors (Lipinski definition) is 3. The fraction of sp³-hybridized carbons (Fsp3) is 0.227. The Bertz CT molecular complexity index is 931. The summed E-state index contributed by atoms with van der Waals surface area (Å²) in [5.74, 6) is -0.270. The number of nitrogens with one attached hydrogen (secondary N) is 1. The minimum Gasteiger partial charge on any atom is -0.342 e. The first-order valence-electron chi connectivity index (χ1n) is 9.19. The van der Waals surface area contributed by atoms with Gasteiger partial charge in [0.1, 0.15) is 12.0 Å². The Morgan fingerprint density at radius 2 is 1.78 bits per heavy atom. The minimum absolute atomic E-state index is 0.270. The average molecular weight is 359 g/mol. The highest BCUT2D eigenvalue weighted by atomic mass is 16.2. The molecule has 1 aliphatic rings. The maximum Gasteiger partial charge on any atom is 0.255 e. The van der Waals surface area contributed by atoms with E-state index in [4.69, 9.17) is 0 Å². The van der Waals surface area contributed by atoms with Gasteiger partial charge in [-0.05, 0) is 24.8 Å². The second-order valence-electron chi connectivity index (χ2n) is 6.87. The van der Waals surface area contributed by atoms with Crippen LogP contribution in [0, 0.1) is 0 Å². The van der Waals surface area contributed by atoms with Crippen LogP contribution in [0.1, 0.15) is 34.8 Å². The number of rotatable bonds is 7. The average Bonchev–Trinajstić information content (AvgIpc) is 3.47. The third kappa shape index (κ3) is 3.97.